The number of piperidine rings is 1. The van der Waals surface area contributed by atoms with Crippen LogP contribution in [0.25, 0.3) is 11.1 Å². The number of likely N-dealkylation sites (tertiary alicyclic amines) is 1. The van der Waals surface area contributed by atoms with E-state index < -0.39 is 0 Å². The second-order valence-electron chi connectivity index (χ2n) is 9.38. The number of benzene rings is 2. The van der Waals surface area contributed by atoms with Crippen molar-refractivity contribution >= 4 is 11.9 Å². The van der Waals surface area contributed by atoms with E-state index in [1.807, 2.05) is 50.2 Å². The summed E-state index contributed by atoms with van der Waals surface area (Å²) in [6, 6.07) is 13.1. The van der Waals surface area contributed by atoms with Crippen LogP contribution in [0, 0.1) is 11.7 Å². The van der Waals surface area contributed by atoms with Gasteiger partial charge in [0.15, 0.2) is 0 Å². The van der Waals surface area contributed by atoms with Gasteiger partial charge in [-0.05, 0) is 60.7 Å². The largest absolute Gasteiger partial charge is 0.327 e. The predicted molar refractivity (Wildman–Crippen MR) is 123 cm³/mol. The van der Waals surface area contributed by atoms with Crippen LogP contribution in [-0.2, 0) is 17.9 Å². The van der Waals surface area contributed by atoms with E-state index in [0.29, 0.717) is 19.6 Å². The monoisotopic (exact) mass is 437 g/mol. The van der Waals surface area contributed by atoms with Crippen molar-refractivity contribution in [2.75, 3.05) is 26.2 Å². The van der Waals surface area contributed by atoms with Crippen molar-refractivity contribution in [1.29, 1.82) is 0 Å². The molecule has 0 atom stereocenters. The molecule has 2 fully saturated rings. The van der Waals surface area contributed by atoms with Gasteiger partial charge in [0.1, 0.15) is 12.4 Å². The van der Waals surface area contributed by atoms with Gasteiger partial charge in [-0.1, -0.05) is 50.6 Å². The number of carbonyl (C=O) groups excluding carboxylic acids is 2. The molecule has 0 N–H and O–H groups in total. The van der Waals surface area contributed by atoms with E-state index in [4.69, 9.17) is 0 Å². The molecule has 4 rings (SSSR count). The molecule has 0 aromatic heterocycles. The fraction of sp³-hybridized carbons (Fsp3) is 0.462. The Morgan fingerprint density at radius 1 is 0.906 bits per heavy atom. The van der Waals surface area contributed by atoms with Gasteiger partial charge in [-0.3, -0.25) is 14.6 Å². The van der Waals surface area contributed by atoms with E-state index in [2.05, 4.69) is 4.90 Å². The van der Waals surface area contributed by atoms with Crippen LogP contribution in [0.15, 0.2) is 42.5 Å². The summed E-state index contributed by atoms with van der Waals surface area (Å²) in [4.78, 5) is 30.0. The van der Waals surface area contributed by atoms with Crippen molar-refractivity contribution < 1.29 is 14.0 Å². The van der Waals surface area contributed by atoms with Crippen molar-refractivity contribution in [3.63, 3.8) is 0 Å². The van der Waals surface area contributed by atoms with Crippen LogP contribution in [0.2, 0.25) is 0 Å². The molecule has 0 radical (unpaired) electrons. The SMILES string of the molecule is CC(C)CN1C(=O)CN(Cc2ccc(-c3ccc(F)c(CN4CCCCC4)c3)cc2)C1=O. The molecular weight excluding hydrogens is 405 g/mol. The fourth-order valence-electron chi connectivity index (χ4n) is 4.52. The Bertz CT molecular complexity index is 968. The molecule has 3 amide bonds. The lowest BCUT2D eigenvalue weighted by molar-refractivity contribution is -0.125. The first kappa shape index (κ1) is 22.5. The van der Waals surface area contributed by atoms with Gasteiger partial charge < -0.3 is 4.90 Å². The third kappa shape index (κ3) is 5.18. The highest BCUT2D eigenvalue weighted by atomic mass is 19.1. The second-order valence-corrected chi connectivity index (χ2v) is 9.38. The van der Waals surface area contributed by atoms with Gasteiger partial charge in [-0.2, -0.15) is 0 Å². The van der Waals surface area contributed by atoms with Crippen LogP contribution in [-0.4, -0.2) is 52.8 Å². The zero-order chi connectivity index (χ0) is 22.7. The number of halogens is 1. The van der Waals surface area contributed by atoms with Gasteiger partial charge in [-0.25, -0.2) is 9.18 Å². The molecule has 0 spiro atoms. The standard InChI is InChI=1S/C26H32FN3O2/c1-19(2)15-30-25(31)18-29(26(30)32)16-20-6-8-21(9-7-20)22-10-11-24(27)23(14-22)17-28-12-4-3-5-13-28/h6-11,14,19H,3-5,12-13,15-18H2,1-2H3. The van der Waals surface area contributed by atoms with E-state index in [1.54, 1.807) is 11.0 Å². The summed E-state index contributed by atoms with van der Waals surface area (Å²) in [7, 11) is 0. The molecule has 0 bridgehead atoms. The van der Waals surface area contributed by atoms with Crippen molar-refractivity contribution in [2.24, 2.45) is 5.92 Å². The number of rotatable bonds is 7. The van der Waals surface area contributed by atoms with Crippen LogP contribution >= 0.6 is 0 Å². The molecule has 170 valence electrons. The molecule has 2 heterocycles. The lowest BCUT2D eigenvalue weighted by Gasteiger charge is -2.26. The van der Waals surface area contributed by atoms with Crippen molar-refractivity contribution in [3.05, 3.63) is 59.4 Å². The number of hydrogen-bond acceptors (Lipinski definition) is 3. The number of imide groups is 1. The molecule has 0 saturated carbocycles. The smallest absolute Gasteiger partial charge is 0.311 e. The quantitative estimate of drug-likeness (QED) is 0.579. The van der Waals surface area contributed by atoms with Crippen LogP contribution < -0.4 is 0 Å². The zero-order valence-corrected chi connectivity index (χ0v) is 19.0. The summed E-state index contributed by atoms with van der Waals surface area (Å²) >= 11 is 0. The number of urea groups is 1. The maximum atomic E-state index is 14.4. The lowest BCUT2D eigenvalue weighted by Crippen LogP contribution is -2.35. The minimum atomic E-state index is -0.214. The highest BCUT2D eigenvalue weighted by molar-refractivity contribution is 6.01. The second kappa shape index (κ2) is 9.82. The van der Waals surface area contributed by atoms with Gasteiger partial charge in [0.25, 0.3) is 0 Å². The number of nitrogens with zero attached hydrogens (tertiary/aromatic N) is 3. The Hall–Kier alpha value is -2.73. The summed E-state index contributed by atoms with van der Waals surface area (Å²) in [5.74, 6) is -0.0374. The van der Waals surface area contributed by atoms with Crippen LogP contribution in [0.3, 0.4) is 0 Å². The maximum Gasteiger partial charge on any atom is 0.327 e. The Balaban J connectivity index is 1.43. The molecule has 2 aliphatic heterocycles. The normalized spacial score (nSPS) is 17.6. The van der Waals surface area contributed by atoms with E-state index in [0.717, 1.165) is 35.3 Å². The molecule has 0 aliphatic carbocycles. The number of hydrogen-bond donors (Lipinski definition) is 0. The molecule has 2 saturated heterocycles. The topological polar surface area (TPSA) is 43.9 Å². The Kier molecular flexibility index (Phi) is 6.89. The van der Waals surface area contributed by atoms with E-state index in [-0.39, 0.29) is 30.2 Å². The summed E-state index contributed by atoms with van der Waals surface area (Å²) in [5.41, 5.74) is 3.70. The first-order valence-electron chi connectivity index (χ1n) is 11.6. The molecule has 2 aromatic rings. The van der Waals surface area contributed by atoms with Crippen molar-refractivity contribution in [2.45, 2.75) is 46.2 Å². The third-order valence-electron chi connectivity index (χ3n) is 6.23. The van der Waals surface area contributed by atoms with Gasteiger partial charge in [0, 0.05) is 25.2 Å². The van der Waals surface area contributed by atoms with Crippen LogP contribution in [0.4, 0.5) is 9.18 Å². The number of amides is 3. The molecule has 2 aromatic carbocycles. The minimum Gasteiger partial charge on any atom is -0.311 e. The van der Waals surface area contributed by atoms with E-state index in [9.17, 15) is 14.0 Å². The Morgan fingerprint density at radius 3 is 2.28 bits per heavy atom. The predicted octanol–water partition coefficient (Wildman–Crippen LogP) is 4.90. The molecule has 32 heavy (non-hydrogen) atoms. The molecule has 2 aliphatic rings. The first-order chi connectivity index (χ1) is 15.4. The Labute approximate surface area is 189 Å². The summed E-state index contributed by atoms with van der Waals surface area (Å²) in [6.45, 7) is 7.70. The lowest BCUT2D eigenvalue weighted by atomic mass is 10.0. The summed E-state index contributed by atoms with van der Waals surface area (Å²) in [6.07, 6.45) is 3.63. The van der Waals surface area contributed by atoms with Gasteiger partial charge in [-0.15, -0.1) is 0 Å². The van der Waals surface area contributed by atoms with Gasteiger partial charge in [0.2, 0.25) is 5.91 Å². The van der Waals surface area contributed by atoms with Crippen LogP contribution in [0.5, 0.6) is 0 Å². The Morgan fingerprint density at radius 2 is 1.59 bits per heavy atom. The minimum absolute atomic E-state index is 0.130. The van der Waals surface area contributed by atoms with Gasteiger partial charge >= 0.3 is 6.03 Å². The highest BCUT2D eigenvalue weighted by Gasteiger charge is 2.35. The average Bonchev–Trinajstić information content (AvgIpc) is 3.03. The first-order valence-corrected chi connectivity index (χ1v) is 11.6. The fourth-order valence-corrected chi connectivity index (χ4v) is 4.52. The molecule has 5 nitrogen and oxygen atoms in total. The third-order valence-corrected chi connectivity index (χ3v) is 6.23. The highest BCUT2D eigenvalue weighted by Crippen LogP contribution is 2.25. The van der Waals surface area contributed by atoms with E-state index >= 15 is 0 Å². The average molecular weight is 438 g/mol. The number of carbonyl (C=O) groups is 2. The van der Waals surface area contributed by atoms with E-state index in [1.165, 1.54) is 24.2 Å². The van der Waals surface area contributed by atoms with Crippen LogP contribution in [0.1, 0.15) is 44.2 Å². The molecule has 0 unspecified atom stereocenters. The van der Waals surface area contributed by atoms with Crippen molar-refractivity contribution in [1.82, 2.24) is 14.7 Å². The van der Waals surface area contributed by atoms with Crippen molar-refractivity contribution in [3.8, 4) is 11.1 Å². The molecule has 6 heteroatoms. The summed E-state index contributed by atoms with van der Waals surface area (Å²) < 4.78 is 14.4. The molecular formula is C26H32FN3O2. The summed E-state index contributed by atoms with van der Waals surface area (Å²) in [5, 5.41) is 0. The maximum absolute atomic E-state index is 14.4. The zero-order valence-electron chi connectivity index (χ0n) is 19.0. The van der Waals surface area contributed by atoms with Gasteiger partial charge in [0.05, 0.1) is 0 Å².